The Kier molecular flexibility index (Phi) is 8.89. The minimum Gasteiger partial charge on any atom is -0.484 e. The number of amides is 1. The molecule has 1 amide bonds. The van der Waals surface area contributed by atoms with E-state index in [9.17, 15) is 21.6 Å². The fourth-order valence-corrected chi connectivity index (χ4v) is 6.53. The molecule has 1 N–H and O–H groups in total. The number of hydrogen-bond acceptors (Lipinski definition) is 7. The first-order valence-corrected chi connectivity index (χ1v) is 14.3. The number of carbonyl (C=O) groups excluding carboxylic acids is 1. The molecule has 1 heterocycles. The lowest BCUT2D eigenvalue weighted by molar-refractivity contribution is -0.118. The van der Waals surface area contributed by atoms with Crippen LogP contribution in [0.2, 0.25) is 0 Å². The zero-order valence-electron chi connectivity index (χ0n) is 20.2. The first-order valence-electron chi connectivity index (χ1n) is 11.4. The molecule has 0 radical (unpaired) electrons. The van der Waals surface area contributed by atoms with Gasteiger partial charge in [0.25, 0.3) is 5.91 Å². The molecule has 1 aliphatic rings. The van der Waals surface area contributed by atoms with Gasteiger partial charge in [0.1, 0.15) is 5.75 Å². The summed E-state index contributed by atoms with van der Waals surface area (Å²) in [6.07, 6.45) is 0. The van der Waals surface area contributed by atoms with Crippen LogP contribution < -0.4 is 10.1 Å². The smallest absolute Gasteiger partial charge is 0.262 e. The molecule has 0 aliphatic carbocycles. The maximum atomic E-state index is 12.8. The van der Waals surface area contributed by atoms with E-state index in [0.29, 0.717) is 50.7 Å². The Morgan fingerprint density at radius 3 is 1.97 bits per heavy atom. The molecular weight excluding hydrogens is 492 g/mol. The number of rotatable bonds is 10. The van der Waals surface area contributed by atoms with Crippen molar-refractivity contribution in [1.29, 1.82) is 0 Å². The first kappa shape index (κ1) is 27.1. The Morgan fingerprint density at radius 2 is 1.43 bits per heavy atom. The van der Waals surface area contributed by atoms with E-state index in [1.807, 2.05) is 7.05 Å². The Hall–Kier alpha value is -2.51. The van der Waals surface area contributed by atoms with Gasteiger partial charge < -0.3 is 15.0 Å². The van der Waals surface area contributed by atoms with Crippen LogP contribution in [0, 0.1) is 0 Å². The van der Waals surface area contributed by atoms with E-state index in [0.717, 1.165) is 0 Å². The molecule has 3 rings (SSSR count). The van der Waals surface area contributed by atoms with Gasteiger partial charge in [0, 0.05) is 45.0 Å². The van der Waals surface area contributed by atoms with Gasteiger partial charge in [-0.3, -0.25) is 4.79 Å². The number of carbonyl (C=O) groups is 1. The molecule has 192 valence electrons. The van der Waals surface area contributed by atoms with Crippen LogP contribution in [-0.2, 0) is 24.8 Å². The molecule has 0 bridgehead atoms. The monoisotopic (exact) mass is 524 g/mol. The largest absolute Gasteiger partial charge is 0.484 e. The molecule has 10 nitrogen and oxygen atoms in total. The highest BCUT2D eigenvalue weighted by Gasteiger charge is 2.27. The summed E-state index contributed by atoms with van der Waals surface area (Å²) in [5, 5.41) is 2.66. The van der Waals surface area contributed by atoms with Crippen LogP contribution in [0.1, 0.15) is 13.8 Å². The van der Waals surface area contributed by atoms with E-state index >= 15 is 0 Å². The maximum absolute atomic E-state index is 12.8. The van der Waals surface area contributed by atoms with E-state index in [2.05, 4.69) is 10.2 Å². The Bertz CT molecular complexity index is 1200. The Morgan fingerprint density at radius 1 is 0.886 bits per heavy atom. The minimum absolute atomic E-state index is 0.157. The predicted octanol–water partition coefficient (Wildman–Crippen LogP) is 1.67. The predicted molar refractivity (Wildman–Crippen MR) is 133 cm³/mol. The number of ether oxygens (including phenoxy) is 1. The summed E-state index contributed by atoms with van der Waals surface area (Å²) in [4.78, 5) is 14.7. The lowest BCUT2D eigenvalue weighted by Crippen LogP contribution is -2.46. The minimum atomic E-state index is -3.58. The molecule has 0 saturated carbocycles. The van der Waals surface area contributed by atoms with Crippen molar-refractivity contribution in [2.45, 2.75) is 23.6 Å². The third kappa shape index (κ3) is 6.58. The van der Waals surface area contributed by atoms with Gasteiger partial charge in [-0.15, -0.1) is 0 Å². The number of sulfonamides is 2. The number of likely N-dealkylation sites (N-methyl/N-ethyl adjacent to an activating group) is 1. The molecule has 0 spiro atoms. The number of benzene rings is 2. The van der Waals surface area contributed by atoms with Crippen LogP contribution >= 0.6 is 0 Å². The van der Waals surface area contributed by atoms with Crippen LogP contribution in [0.3, 0.4) is 0 Å². The molecule has 1 aliphatic heterocycles. The third-order valence-electron chi connectivity index (χ3n) is 5.77. The van der Waals surface area contributed by atoms with Gasteiger partial charge in [-0.05, 0) is 55.6 Å². The van der Waals surface area contributed by atoms with Crippen molar-refractivity contribution in [3.8, 4) is 5.75 Å². The van der Waals surface area contributed by atoms with Crippen molar-refractivity contribution in [1.82, 2.24) is 13.5 Å². The highest BCUT2D eigenvalue weighted by atomic mass is 32.2. The van der Waals surface area contributed by atoms with E-state index in [1.54, 1.807) is 13.8 Å². The van der Waals surface area contributed by atoms with Crippen molar-refractivity contribution >= 4 is 31.6 Å². The zero-order valence-corrected chi connectivity index (χ0v) is 21.8. The SMILES string of the molecule is CCN(CC)S(=O)(=O)c1ccc(OCC(=O)Nc2ccc(S(=O)(=O)N3CCN(C)CC3)cc2)cc1. The van der Waals surface area contributed by atoms with Gasteiger partial charge in [-0.2, -0.15) is 8.61 Å². The summed E-state index contributed by atoms with van der Waals surface area (Å²) in [7, 11) is -5.18. The van der Waals surface area contributed by atoms with E-state index < -0.39 is 26.0 Å². The van der Waals surface area contributed by atoms with Crippen LogP contribution in [0.25, 0.3) is 0 Å². The van der Waals surface area contributed by atoms with Crippen molar-refractivity contribution in [2.75, 3.05) is 58.2 Å². The van der Waals surface area contributed by atoms with Crippen molar-refractivity contribution in [3.05, 3.63) is 48.5 Å². The van der Waals surface area contributed by atoms with Crippen LogP contribution in [0.5, 0.6) is 5.75 Å². The van der Waals surface area contributed by atoms with Crippen molar-refractivity contribution in [3.63, 3.8) is 0 Å². The summed E-state index contributed by atoms with van der Waals surface area (Å²) in [6, 6.07) is 11.9. The molecular formula is C23H32N4O6S2. The normalized spacial score (nSPS) is 15.8. The van der Waals surface area contributed by atoms with Gasteiger partial charge in [-0.1, -0.05) is 13.8 Å². The van der Waals surface area contributed by atoms with Gasteiger partial charge in [-0.25, -0.2) is 16.8 Å². The average Bonchev–Trinajstić information content (AvgIpc) is 2.84. The summed E-state index contributed by atoms with van der Waals surface area (Å²) in [5.74, 6) is -0.0771. The quantitative estimate of drug-likeness (QED) is 0.503. The van der Waals surface area contributed by atoms with Crippen molar-refractivity contribution < 1.29 is 26.4 Å². The molecule has 0 aromatic heterocycles. The molecule has 35 heavy (non-hydrogen) atoms. The third-order valence-corrected chi connectivity index (χ3v) is 9.75. The number of nitrogens with one attached hydrogen (secondary N) is 1. The second-order valence-corrected chi connectivity index (χ2v) is 12.0. The first-order chi connectivity index (χ1) is 16.6. The van der Waals surface area contributed by atoms with Gasteiger partial charge in [0.2, 0.25) is 20.0 Å². The van der Waals surface area contributed by atoms with E-state index in [4.69, 9.17) is 4.74 Å². The maximum Gasteiger partial charge on any atom is 0.262 e. The van der Waals surface area contributed by atoms with Gasteiger partial charge >= 0.3 is 0 Å². The molecule has 0 unspecified atom stereocenters. The lowest BCUT2D eigenvalue weighted by atomic mass is 10.3. The Balaban J connectivity index is 1.55. The Labute approximate surface area is 207 Å². The molecule has 12 heteroatoms. The number of anilines is 1. The molecule has 1 fully saturated rings. The van der Waals surface area contributed by atoms with Gasteiger partial charge in [0.15, 0.2) is 6.61 Å². The highest BCUT2D eigenvalue weighted by molar-refractivity contribution is 7.89. The standard InChI is InChI=1S/C23H32N4O6S2/c1-4-26(5-2)34(29,30)22-12-8-20(9-13-22)33-18-23(28)24-19-6-10-21(11-7-19)35(31,32)27-16-14-25(3)15-17-27/h6-13H,4-5,14-18H2,1-3H3,(H,24,28). The fraction of sp³-hybridized carbons (Fsp3) is 0.435. The summed E-state index contributed by atoms with van der Waals surface area (Å²) in [6.45, 7) is 6.26. The van der Waals surface area contributed by atoms with Crippen LogP contribution in [-0.4, -0.2) is 89.2 Å². The molecule has 2 aromatic rings. The van der Waals surface area contributed by atoms with E-state index in [1.165, 1.54) is 57.1 Å². The van der Waals surface area contributed by atoms with Crippen LogP contribution in [0.15, 0.2) is 58.3 Å². The lowest BCUT2D eigenvalue weighted by Gasteiger charge is -2.31. The number of piperazine rings is 1. The van der Waals surface area contributed by atoms with Crippen molar-refractivity contribution in [2.24, 2.45) is 0 Å². The average molecular weight is 525 g/mol. The van der Waals surface area contributed by atoms with E-state index in [-0.39, 0.29) is 16.4 Å². The summed E-state index contributed by atoms with van der Waals surface area (Å²) < 4.78 is 59.0. The second kappa shape index (κ2) is 11.5. The summed E-state index contributed by atoms with van der Waals surface area (Å²) >= 11 is 0. The molecule has 2 aromatic carbocycles. The number of hydrogen-bond donors (Lipinski definition) is 1. The topological polar surface area (TPSA) is 116 Å². The van der Waals surface area contributed by atoms with Crippen LogP contribution in [0.4, 0.5) is 5.69 Å². The second-order valence-electron chi connectivity index (χ2n) is 8.13. The molecule has 1 saturated heterocycles. The molecule has 0 atom stereocenters. The number of nitrogens with zero attached hydrogens (tertiary/aromatic N) is 3. The zero-order chi connectivity index (χ0) is 25.6. The highest BCUT2D eigenvalue weighted by Crippen LogP contribution is 2.21. The fourth-order valence-electron chi connectivity index (χ4n) is 3.65. The van der Waals surface area contributed by atoms with Gasteiger partial charge in [0.05, 0.1) is 9.79 Å². The summed E-state index contributed by atoms with van der Waals surface area (Å²) in [5.41, 5.74) is 0.441.